The Hall–Kier alpha value is -2.89. The topological polar surface area (TPSA) is 97.1 Å². The lowest BCUT2D eigenvalue weighted by molar-refractivity contribution is 0.0952. The number of pyridine rings is 1. The van der Waals surface area contributed by atoms with Gasteiger partial charge in [0.1, 0.15) is 0 Å². The Morgan fingerprint density at radius 3 is 2.39 bits per heavy atom. The molecule has 23 heavy (non-hydrogen) atoms. The molecule has 2 amide bonds. The Morgan fingerprint density at radius 2 is 1.74 bits per heavy atom. The largest absolute Gasteiger partial charge is 0.398 e. The lowest BCUT2D eigenvalue weighted by Crippen LogP contribution is -2.30. The molecule has 0 unspecified atom stereocenters. The number of hydrogen-bond acceptors (Lipinski definition) is 4. The molecule has 120 valence electrons. The second-order valence-electron chi connectivity index (χ2n) is 5.14. The SMILES string of the molecule is Cc1ccc(C(=O)NCCCNC(=O)c2ccccc2N)cn1. The van der Waals surface area contributed by atoms with Gasteiger partial charge in [0.25, 0.3) is 11.8 Å². The molecular formula is C17H20N4O2. The first kappa shape index (κ1) is 16.5. The Bertz CT molecular complexity index is 683. The van der Waals surface area contributed by atoms with Crippen LogP contribution in [0.25, 0.3) is 0 Å². The average Bonchev–Trinajstić information content (AvgIpc) is 2.55. The summed E-state index contributed by atoms with van der Waals surface area (Å²) in [6.07, 6.45) is 2.17. The minimum Gasteiger partial charge on any atom is -0.398 e. The number of carbonyl (C=O) groups is 2. The summed E-state index contributed by atoms with van der Waals surface area (Å²) < 4.78 is 0. The fourth-order valence-electron chi connectivity index (χ4n) is 2.00. The van der Waals surface area contributed by atoms with Crippen LogP contribution in [-0.4, -0.2) is 29.9 Å². The number of hydrogen-bond donors (Lipinski definition) is 3. The molecule has 0 aliphatic rings. The van der Waals surface area contributed by atoms with Crippen LogP contribution < -0.4 is 16.4 Å². The van der Waals surface area contributed by atoms with Gasteiger partial charge in [0, 0.05) is 30.7 Å². The maximum absolute atomic E-state index is 11.9. The van der Waals surface area contributed by atoms with Gasteiger partial charge >= 0.3 is 0 Å². The molecule has 0 fully saturated rings. The first-order valence-corrected chi connectivity index (χ1v) is 7.41. The van der Waals surface area contributed by atoms with E-state index < -0.39 is 0 Å². The smallest absolute Gasteiger partial charge is 0.253 e. The minimum atomic E-state index is -0.211. The van der Waals surface area contributed by atoms with E-state index in [-0.39, 0.29) is 11.8 Å². The first-order valence-electron chi connectivity index (χ1n) is 7.41. The normalized spacial score (nSPS) is 10.1. The van der Waals surface area contributed by atoms with Gasteiger partial charge in [-0.25, -0.2) is 0 Å². The zero-order valence-electron chi connectivity index (χ0n) is 13.0. The number of carbonyl (C=O) groups excluding carboxylic acids is 2. The van der Waals surface area contributed by atoms with E-state index in [9.17, 15) is 9.59 Å². The molecule has 6 nitrogen and oxygen atoms in total. The molecule has 2 rings (SSSR count). The van der Waals surface area contributed by atoms with Crippen molar-refractivity contribution in [2.75, 3.05) is 18.8 Å². The lowest BCUT2D eigenvalue weighted by atomic mass is 10.1. The standard InChI is InChI=1S/C17H20N4O2/c1-12-7-8-13(11-21-12)16(22)19-9-4-10-20-17(23)14-5-2-3-6-15(14)18/h2-3,5-8,11H,4,9-10,18H2,1H3,(H,19,22)(H,20,23). The van der Waals surface area contributed by atoms with Gasteiger partial charge in [-0.2, -0.15) is 0 Å². The van der Waals surface area contributed by atoms with Gasteiger partial charge in [-0.05, 0) is 37.6 Å². The van der Waals surface area contributed by atoms with E-state index in [1.165, 1.54) is 0 Å². The van der Waals surface area contributed by atoms with Gasteiger partial charge in [0.05, 0.1) is 11.1 Å². The van der Waals surface area contributed by atoms with Crippen molar-refractivity contribution < 1.29 is 9.59 Å². The van der Waals surface area contributed by atoms with E-state index in [4.69, 9.17) is 5.73 Å². The lowest BCUT2D eigenvalue weighted by Gasteiger charge is -2.08. The molecule has 1 aromatic heterocycles. The summed E-state index contributed by atoms with van der Waals surface area (Å²) in [6, 6.07) is 10.4. The van der Waals surface area contributed by atoms with E-state index in [1.54, 1.807) is 42.6 Å². The van der Waals surface area contributed by atoms with Crippen LogP contribution in [-0.2, 0) is 0 Å². The summed E-state index contributed by atoms with van der Waals surface area (Å²) in [5.74, 6) is -0.381. The molecule has 0 aliphatic heterocycles. The number of nitrogens with one attached hydrogen (secondary N) is 2. The van der Waals surface area contributed by atoms with Crippen LogP contribution in [0.4, 0.5) is 5.69 Å². The van der Waals surface area contributed by atoms with Crippen LogP contribution in [0.1, 0.15) is 32.8 Å². The second-order valence-corrected chi connectivity index (χ2v) is 5.14. The van der Waals surface area contributed by atoms with Crippen LogP contribution in [0.2, 0.25) is 0 Å². The Kier molecular flexibility index (Phi) is 5.68. The predicted octanol–water partition coefficient (Wildman–Crippen LogP) is 1.52. The number of nitrogens with zero attached hydrogens (tertiary/aromatic N) is 1. The number of anilines is 1. The Balaban J connectivity index is 1.70. The number of para-hydroxylation sites is 1. The van der Waals surface area contributed by atoms with Crippen LogP contribution >= 0.6 is 0 Å². The molecule has 0 saturated carbocycles. The molecule has 0 saturated heterocycles. The predicted molar refractivity (Wildman–Crippen MR) is 89.1 cm³/mol. The first-order chi connectivity index (χ1) is 11.1. The maximum Gasteiger partial charge on any atom is 0.253 e. The monoisotopic (exact) mass is 312 g/mol. The zero-order valence-corrected chi connectivity index (χ0v) is 13.0. The number of benzene rings is 1. The molecule has 0 aliphatic carbocycles. The number of rotatable bonds is 6. The van der Waals surface area contributed by atoms with E-state index in [2.05, 4.69) is 15.6 Å². The molecule has 0 bridgehead atoms. The molecular weight excluding hydrogens is 292 g/mol. The highest BCUT2D eigenvalue weighted by Gasteiger charge is 2.08. The Morgan fingerprint density at radius 1 is 1.04 bits per heavy atom. The van der Waals surface area contributed by atoms with E-state index >= 15 is 0 Å². The van der Waals surface area contributed by atoms with Crippen LogP contribution in [0.3, 0.4) is 0 Å². The summed E-state index contributed by atoms with van der Waals surface area (Å²) >= 11 is 0. The molecule has 0 radical (unpaired) electrons. The summed E-state index contributed by atoms with van der Waals surface area (Å²) in [4.78, 5) is 27.9. The van der Waals surface area contributed by atoms with Crippen molar-refractivity contribution >= 4 is 17.5 Å². The molecule has 0 atom stereocenters. The second kappa shape index (κ2) is 7.93. The van der Waals surface area contributed by atoms with Crippen molar-refractivity contribution in [3.63, 3.8) is 0 Å². The van der Waals surface area contributed by atoms with Crippen molar-refractivity contribution in [1.82, 2.24) is 15.6 Å². The molecule has 1 heterocycles. The van der Waals surface area contributed by atoms with Crippen molar-refractivity contribution in [3.05, 3.63) is 59.4 Å². The van der Waals surface area contributed by atoms with Gasteiger partial charge in [-0.1, -0.05) is 12.1 Å². The van der Waals surface area contributed by atoms with E-state index in [0.717, 1.165) is 5.69 Å². The van der Waals surface area contributed by atoms with Gasteiger partial charge in [-0.3, -0.25) is 14.6 Å². The Labute approximate surface area is 135 Å². The molecule has 0 spiro atoms. The molecule has 6 heteroatoms. The van der Waals surface area contributed by atoms with Crippen molar-refractivity contribution in [2.24, 2.45) is 0 Å². The summed E-state index contributed by atoms with van der Waals surface area (Å²) in [6.45, 7) is 2.79. The number of aryl methyl sites for hydroxylation is 1. The maximum atomic E-state index is 11.9. The zero-order chi connectivity index (χ0) is 16.7. The number of nitrogens with two attached hydrogens (primary N) is 1. The molecule has 4 N–H and O–H groups in total. The summed E-state index contributed by atoms with van der Waals surface area (Å²) in [5.41, 5.74) is 8.04. The van der Waals surface area contributed by atoms with E-state index in [0.29, 0.717) is 36.3 Å². The quantitative estimate of drug-likeness (QED) is 0.556. The van der Waals surface area contributed by atoms with Crippen LogP contribution in [0.15, 0.2) is 42.6 Å². The van der Waals surface area contributed by atoms with Crippen molar-refractivity contribution in [3.8, 4) is 0 Å². The molecule has 1 aromatic carbocycles. The highest BCUT2D eigenvalue weighted by molar-refractivity contribution is 5.99. The fraction of sp³-hybridized carbons (Fsp3) is 0.235. The fourth-order valence-corrected chi connectivity index (χ4v) is 2.00. The van der Waals surface area contributed by atoms with Crippen molar-refractivity contribution in [2.45, 2.75) is 13.3 Å². The van der Waals surface area contributed by atoms with Gasteiger partial charge < -0.3 is 16.4 Å². The highest BCUT2D eigenvalue weighted by atomic mass is 16.2. The molecule has 2 aromatic rings. The van der Waals surface area contributed by atoms with Gasteiger partial charge in [-0.15, -0.1) is 0 Å². The average molecular weight is 312 g/mol. The van der Waals surface area contributed by atoms with Crippen molar-refractivity contribution in [1.29, 1.82) is 0 Å². The van der Waals surface area contributed by atoms with Crippen LogP contribution in [0, 0.1) is 6.92 Å². The third-order valence-corrected chi connectivity index (χ3v) is 3.30. The summed E-state index contributed by atoms with van der Waals surface area (Å²) in [5, 5.41) is 5.57. The number of amides is 2. The minimum absolute atomic E-state index is 0.170. The third kappa shape index (κ3) is 4.81. The van der Waals surface area contributed by atoms with Gasteiger partial charge in [0.2, 0.25) is 0 Å². The number of aromatic nitrogens is 1. The summed E-state index contributed by atoms with van der Waals surface area (Å²) in [7, 11) is 0. The highest BCUT2D eigenvalue weighted by Crippen LogP contribution is 2.09. The van der Waals surface area contributed by atoms with Crippen LogP contribution in [0.5, 0.6) is 0 Å². The number of nitrogen functional groups attached to an aromatic ring is 1. The van der Waals surface area contributed by atoms with E-state index in [1.807, 2.05) is 6.92 Å². The third-order valence-electron chi connectivity index (χ3n) is 3.30. The van der Waals surface area contributed by atoms with Gasteiger partial charge in [0.15, 0.2) is 0 Å².